The van der Waals surface area contributed by atoms with Crippen molar-refractivity contribution in [1.82, 2.24) is 4.72 Å². The van der Waals surface area contributed by atoms with Crippen molar-refractivity contribution in [2.24, 2.45) is 0 Å². The number of hydrogen-bond donors (Lipinski definition) is 3. The SMILES string of the molecule is CNS(=O)(=O)c1ccc(NC(=O)C2(C)Oc3ccccc3NC2=O)cc1. The molecule has 0 bridgehead atoms. The van der Waals surface area contributed by atoms with Crippen LogP contribution in [-0.4, -0.2) is 32.9 Å². The van der Waals surface area contributed by atoms with Crippen LogP contribution in [0.2, 0.25) is 0 Å². The Bertz CT molecular complexity index is 972. The monoisotopic (exact) mass is 375 g/mol. The number of carbonyl (C=O) groups is 2. The molecule has 1 aliphatic heterocycles. The van der Waals surface area contributed by atoms with Crippen LogP contribution in [0.25, 0.3) is 0 Å². The molecule has 2 amide bonds. The molecular formula is C17H17N3O5S. The summed E-state index contributed by atoms with van der Waals surface area (Å²) in [7, 11) is -2.26. The Balaban J connectivity index is 1.81. The molecule has 0 saturated heterocycles. The summed E-state index contributed by atoms with van der Waals surface area (Å²) in [5.74, 6) is -0.878. The number of fused-ring (bicyclic) bond motifs is 1. The summed E-state index contributed by atoms with van der Waals surface area (Å²) in [5, 5.41) is 5.21. The van der Waals surface area contributed by atoms with Crippen molar-refractivity contribution in [2.45, 2.75) is 17.4 Å². The minimum absolute atomic E-state index is 0.0600. The lowest BCUT2D eigenvalue weighted by atomic mass is 10.0. The molecule has 2 aromatic rings. The van der Waals surface area contributed by atoms with Crippen molar-refractivity contribution in [3.8, 4) is 5.75 Å². The molecule has 3 rings (SSSR count). The molecule has 136 valence electrons. The van der Waals surface area contributed by atoms with Gasteiger partial charge in [0.15, 0.2) is 0 Å². The highest BCUT2D eigenvalue weighted by Crippen LogP contribution is 2.33. The maximum Gasteiger partial charge on any atom is 0.278 e. The molecule has 1 atom stereocenters. The van der Waals surface area contributed by atoms with Crippen LogP contribution in [-0.2, 0) is 19.6 Å². The van der Waals surface area contributed by atoms with E-state index in [1.165, 1.54) is 38.2 Å². The van der Waals surface area contributed by atoms with Gasteiger partial charge in [-0.2, -0.15) is 0 Å². The summed E-state index contributed by atoms with van der Waals surface area (Å²) in [4.78, 5) is 25.0. The van der Waals surface area contributed by atoms with Gasteiger partial charge < -0.3 is 15.4 Å². The maximum absolute atomic E-state index is 12.6. The highest BCUT2D eigenvalue weighted by molar-refractivity contribution is 7.89. The van der Waals surface area contributed by atoms with Gasteiger partial charge in [-0.15, -0.1) is 0 Å². The quantitative estimate of drug-likeness (QED) is 0.698. The Labute approximate surface area is 150 Å². The summed E-state index contributed by atoms with van der Waals surface area (Å²) < 4.78 is 31.3. The van der Waals surface area contributed by atoms with Crippen molar-refractivity contribution >= 4 is 33.2 Å². The zero-order valence-electron chi connectivity index (χ0n) is 14.1. The van der Waals surface area contributed by atoms with E-state index < -0.39 is 27.4 Å². The van der Waals surface area contributed by atoms with E-state index in [0.29, 0.717) is 17.1 Å². The van der Waals surface area contributed by atoms with Gasteiger partial charge in [-0.3, -0.25) is 9.59 Å². The average molecular weight is 375 g/mol. The number of ether oxygens (including phenoxy) is 1. The van der Waals surface area contributed by atoms with Crippen LogP contribution in [0.3, 0.4) is 0 Å². The number of hydrogen-bond acceptors (Lipinski definition) is 5. The molecule has 26 heavy (non-hydrogen) atoms. The number of nitrogens with one attached hydrogen (secondary N) is 3. The van der Waals surface area contributed by atoms with E-state index in [2.05, 4.69) is 15.4 Å². The van der Waals surface area contributed by atoms with Crippen molar-refractivity contribution in [1.29, 1.82) is 0 Å². The summed E-state index contributed by atoms with van der Waals surface area (Å²) in [5.41, 5.74) is -0.935. The van der Waals surface area contributed by atoms with Crippen LogP contribution >= 0.6 is 0 Å². The van der Waals surface area contributed by atoms with Crippen molar-refractivity contribution in [3.05, 3.63) is 48.5 Å². The number of amides is 2. The highest BCUT2D eigenvalue weighted by Gasteiger charge is 2.47. The standard InChI is InChI=1S/C17H17N3O5S/c1-17(16(22)20-13-5-3-4-6-14(13)25-17)15(21)19-11-7-9-12(10-8-11)26(23,24)18-2/h3-10,18H,1-2H3,(H,19,21)(H,20,22). The predicted molar refractivity (Wildman–Crippen MR) is 95.4 cm³/mol. The van der Waals surface area contributed by atoms with Gasteiger partial charge in [0.1, 0.15) is 5.75 Å². The minimum Gasteiger partial charge on any atom is -0.466 e. The third-order valence-electron chi connectivity index (χ3n) is 4.01. The number of anilines is 2. The molecule has 0 fully saturated rings. The average Bonchev–Trinajstić information content (AvgIpc) is 2.63. The second-order valence-electron chi connectivity index (χ2n) is 5.77. The van der Waals surface area contributed by atoms with Crippen LogP contribution < -0.4 is 20.1 Å². The fourth-order valence-corrected chi connectivity index (χ4v) is 3.13. The van der Waals surface area contributed by atoms with Crippen LogP contribution in [0.15, 0.2) is 53.4 Å². The molecular weight excluding hydrogens is 358 g/mol. The molecule has 2 aromatic carbocycles. The molecule has 0 aliphatic carbocycles. The van der Waals surface area contributed by atoms with E-state index in [4.69, 9.17) is 4.74 Å². The first-order chi connectivity index (χ1) is 12.3. The first kappa shape index (κ1) is 17.9. The fraction of sp³-hybridized carbons (Fsp3) is 0.176. The number of sulfonamides is 1. The summed E-state index contributed by atoms with van der Waals surface area (Å²) in [6, 6.07) is 12.4. The predicted octanol–water partition coefficient (Wildman–Crippen LogP) is 1.32. The Morgan fingerprint density at radius 1 is 1.12 bits per heavy atom. The van der Waals surface area contributed by atoms with Crippen molar-refractivity contribution in [3.63, 3.8) is 0 Å². The van der Waals surface area contributed by atoms with Gasteiger partial charge in [0.2, 0.25) is 10.0 Å². The first-order valence-corrected chi connectivity index (χ1v) is 9.19. The number of carbonyl (C=O) groups excluding carboxylic acids is 2. The highest BCUT2D eigenvalue weighted by atomic mass is 32.2. The fourth-order valence-electron chi connectivity index (χ4n) is 2.40. The molecule has 0 radical (unpaired) electrons. The summed E-state index contributed by atoms with van der Waals surface area (Å²) in [6.45, 7) is 1.37. The Kier molecular flexibility index (Phi) is 4.43. The summed E-state index contributed by atoms with van der Waals surface area (Å²) >= 11 is 0. The van der Waals surface area contributed by atoms with Gasteiger partial charge in [-0.05, 0) is 50.4 Å². The lowest BCUT2D eigenvalue weighted by molar-refractivity contribution is -0.143. The van der Waals surface area contributed by atoms with E-state index in [-0.39, 0.29) is 4.90 Å². The zero-order valence-corrected chi connectivity index (χ0v) is 14.9. The largest absolute Gasteiger partial charge is 0.466 e. The second kappa shape index (κ2) is 6.43. The Morgan fingerprint density at radius 3 is 2.42 bits per heavy atom. The molecule has 8 nitrogen and oxygen atoms in total. The summed E-state index contributed by atoms with van der Waals surface area (Å²) in [6.07, 6.45) is 0. The van der Waals surface area contributed by atoms with Gasteiger partial charge in [0.25, 0.3) is 17.4 Å². The van der Waals surface area contributed by atoms with E-state index >= 15 is 0 Å². The van der Waals surface area contributed by atoms with Crippen LogP contribution in [0, 0.1) is 0 Å². The number of para-hydroxylation sites is 2. The molecule has 0 aromatic heterocycles. The molecule has 3 N–H and O–H groups in total. The topological polar surface area (TPSA) is 114 Å². The van der Waals surface area contributed by atoms with Crippen molar-refractivity contribution in [2.75, 3.05) is 17.7 Å². The number of rotatable bonds is 4. The van der Waals surface area contributed by atoms with Gasteiger partial charge in [0, 0.05) is 5.69 Å². The lowest BCUT2D eigenvalue weighted by Gasteiger charge is -2.33. The van der Waals surface area contributed by atoms with Gasteiger partial charge in [-0.25, -0.2) is 13.1 Å². The zero-order chi connectivity index (χ0) is 18.9. The third-order valence-corrected chi connectivity index (χ3v) is 5.44. The Morgan fingerprint density at radius 2 is 1.77 bits per heavy atom. The second-order valence-corrected chi connectivity index (χ2v) is 7.66. The van der Waals surface area contributed by atoms with Gasteiger partial charge in [-0.1, -0.05) is 12.1 Å². The van der Waals surface area contributed by atoms with E-state index in [1.54, 1.807) is 24.3 Å². The maximum atomic E-state index is 12.6. The molecule has 1 heterocycles. The smallest absolute Gasteiger partial charge is 0.278 e. The molecule has 1 unspecified atom stereocenters. The molecule has 0 spiro atoms. The van der Waals surface area contributed by atoms with E-state index in [1.807, 2.05) is 0 Å². The lowest BCUT2D eigenvalue weighted by Crippen LogP contribution is -2.56. The normalized spacial score (nSPS) is 19.1. The van der Waals surface area contributed by atoms with Crippen LogP contribution in [0.4, 0.5) is 11.4 Å². The van der Waals surface area contributed by atoms with Crippen LogP contribution in [0.1, 0.15) is 6.92 Å². The van der Waals surface area contributed by atoms with E-state index in [9.17, 15) is 18.0 Å². The Hall–Kier alpha value is -2.91. The van der Waals surface area contributed by atoms with Gasteiger partial charge >= 0.3 is 0 Å². The molecule has 0 saturated carbocycles. The van der Waals surface area contributed by atoms with Crippen molar-refractivity contribution < 1.29 is 22.7 Å². The van der Waals surface area contributed by atoms with Crippen LogP contribution in [0.5, 0.6) is 5.75 Å². The minimum atomic E-state index is -3.57. The number of benzene rings is 2. The molecule has 1 aliphatic rings. The third kappa shape index (κ3) is 3.14. The first-order valence-electron chi connectivity index (χ1n) is 7.71. The molecule has 9 heteroatoms. The van der Waals surface area contributed by atoms with Gasteiger partial charge in [0.05, 0.1) is 10.6 Å². The van der Waals surface area contributed by atoms with E-state index in [0.717, 1.165) is 0 Å².